The van der Waals surface area contributed by atoms with Gasteiger partial charge >= 0.3 is 0 Å². The number of aliphatic hydroxyl groups excluding tert-OH is 1. The van der Waals surface area contributed by atoms with Crippen LogP contribution in [0.15, 0.2) is 0 Å². The predicted octanol–water partition coefficient (Wildman–Crippen LogP) is -0.301. The number of aliphatic hydroxyl groups is 1. The van der Waals surface area contributed by atoms with Crippen molar-refractivity contribution in [2.75, 3.05) is 32.8 Å². The largest absolute Gasteiger partial charge is 0.395 e. The third-order valence-electron chi connectivity index (χ3n) is 1.73. The summed E-state index contributed by atoms with van der Waals surface area (Å²) in [5.41, 5.74) is 0. The highest BCUT2D eigenvalue weighted by molar-refractivity contribution is 4.73. The molecule has 3 heteroatoms. The third-order valence-corrected chi connectivity index (χ3v) is 1.73. The average molecular weight is 145 g/mol. The smallest absolute Gasteiger partial charge is 0.0936 e. The van der Waals surface area contributed by atoms with Crippen molar-refractivity contribution in [1.29, 1.82) is 0 Å². The summed E-state index contributed by atoms with van der Waals surface area (Å²) in [5, 5.41) is 8.62. The van der Waals surface area contributed by atoms with Gasteiger partial charge in [0.05, 0.1) is 19.3 Å². The fourth-order valence-corrected chi connectivity index (χ4v) is 0.981. The summed E-state index contributed by atoms with van der Waals surface area (Å²) < 4.78 is 5.06. The standard InChI is InChI=1S/C7H15NO2/c1-2-8(3-4-9)5-7-6-10-7/h7,9H,2-6H2,1H3. The predicted molar refractivity (Wildman–Crippen MR) is 38.9 cm³/mol. The number of nitrogens with zero attached hydrogens (tertiary/aromatic N) is 1. The zero-order valence-corrected chi connectivity index (χ0v) is 6.42. The van der Waals surface area contributed by atoms with Gasteiger partial charge in [-0.1, -0.05) is 6.92 Å². The molecule has 1 rings (SSSR count). The molecule has 0 aromatic rings. The van der Waals surface area contributed by atoms with E-state index in [-0.39, 0.29) is 6.61 Å². The zero-order valence-electron chi connectivity index (χ0n) is 6.42. The maximum Gasteiger partial charge on any atom is 0.0936 e. The van der Waals surface area contributed by atoms with E-state index in [0.29, 0.717) is 6.10 Å². The van der Waals surface area contributed by atoms with Gasteiger partial charge in [-0.25, -0.2) is 0 Å². The van der Waals surface area contributed by atoms with Crippen molar-refractivity contribution in [2.45, 2.75) is 13.0 Å². The second-order valence-electron chi connectivity index (χ2n) is 2.57. The molecule has 0 aromatic carbocycles. The Morgan fingerprint density at radius 2 is 2.40 bits per heavy atom. The van der Waals surface area contributed by atoms with Crippen LogP contribution in [0.2, 0.25) is 0 Å². The van der Waals surface area contributed by atoms with E-state index in [1.165, 1.54) is 0 Å². The van der Waals surface area contributed by atoms with E-state index in [2.05, 4.69) is 11.8 Å². The van der Waals surface area contributed by atoms with Crippen LogP contribution in [0.3, 0.4) is 0 Å². The van der Waals surface area contributed by atoms with E-state index in [4.69, 9.17) is 9.84 Å². The molecule has 3 nitrogen and oxygen atoms in total. The Kier molecular flexibility index (Phi) is 3.12. The van der Waals surface area contributed by atoms with Gasteiger partial charge in [0.1, 0.15) is 0 Å². The Hall–Kier alpha value is -0.120. The zero-order chi connectivity index (χ0) is 7.40. The molecule has 1 N–H and O–H groups in total. The van der Waals surface area contributed by atoms with E-state index < -0.39 is 0 Å². The summed E-state index contributed by atoms with van der Waals surface area (Å²) in [7, 11) is 0. The summed E-state index contributed by atoms with van der Waals surface area (Å²) in [6.07, 6.45) is 0.450. The first-order valence-electron chi connectivity index (χ1n) is 3.81. The lowest BCUT2D eigenvalue weighted by atomic mass is 10.4. The Morgan fingerprint density at radius 1 is 1.70 bits per heavy atom. The number of epoxide rings is 1. The van der Waals surface area contributed by atoms with Crippen LogP contribution < -0.4 is 0 Å². The van der Waals surface area contributed by atoms with Crippen LogP contribution in [-0.2, 0) is 4.74 Å². The number of hydrogen-bond donors (Lipinski definition) is 1. The molecule has 0 aromatic heterocycles. The molecule has 0 aliphatic carbocycles. The fraction of sp³-hybridized carbons (Fsp3) is 1.00. The number of hydrogen-bond acceptors (Lipinski definition) is 3. The SMILES string of the molecule is CCN(CCO)CC1CO1. The van der Waals surface area contributed by atoms with Crippen molar-refractivity contribution in [1.82, 2.24) is 4.90 Å². The van der Waals surface area contributed by atoms with Gasteiger partial charge in [0.15, 0.2) is 0 Å². The van der Waals surface area contributed by atoms with Gasteiger partial charge in [-0.05, 0) is 6.54 Å². The number of ether oxygens (including phenoxy) is 1. The van der Waals surface area contributed by atoms with Crippen molar-refractivity contribution < 1.29 is 9.84 Å². The maximum absolute atomic E-state index is 8.62. The molecule has 0 saturated carbocycles. The molecule has 60 valence electrons. The second kappa shape index (κ2) is 3.91. The molecular weight excluding hydrogens is 130 g/mol. The molecular formula is C7H15NO2. The molecule has 1 aliphatic rings. The van der Waals surface area contributed by atoms with E-state index >= 15 is 0 Å². The van der Waals surface area contributed by atoms with Crippen LogP contribution in [-0.4, -0.2) is 49.0 Å². The number of likely N-dealkylation sites (N-methyl/N-ethyl adjacent to an activating group) is 1. The van der Waals surface area contributed by atoms with Crippen LogP contribution in [0.4, 0.5) is 0 Å². The maximum atomic E-state index is 8.62. The third kappa shape index (κ3) is 2.64. The molecule has 0 radical (unpaired) electrons. The fourth-order valence-electron chi connectivity index (χ4n) is 0.981. The molecule has 1 fully saturated rings. The van der Waals surface area contributed by atoms with Gasteiger partial charge < -0.3 is 9.84 Å². The quantitative estimate of drug-likeness (QED) is 0.539. The number of rotatable bonds is 5. The molecule has 1 unspecified atom stereocenters. The van der Waals surface area contributed by atoms with E-state index in [0.717, 1.165) is 26.2 Å². The lowest BCUT2D eigenvalue weighted by Gasteiger charge is -2.16. The van der Waals surface area contributed by atoms with Gasteiger partial charge in [-0.15, -0.1) is 0 Å². The topological polar surface area (TPSA) is 36.0 Å². The minimum Gasteiger partial charge on any atom is -0.395 e. The summed E-state index contributed by atoms with van der Waals surface area (Å²) >= 11 is 0. The normalized spacial score (nSPS) is 23.7. The summed E-state index contributed by atoms with van der Waals surface area (Å²) in [5.74, 6) is 0. The first-order valence-corrected chi connectivity index (χ1v) is 3.81. The first kappa shape index (κ1) is 7.98. The highest BCUT2D eigenvalue weighted by Gasteiger charge is 2.24. The minimum atomic E-state index is 0.251. The van der Waals surface area contributed by atoms with Crippen molar-refractivity contribution in [3.8, 4) is 0 Å². The second-order valence-corrected chi connectivity index (χ2v) is 2.57. The van der Waals surface area contributed by atoms with E-state index in [1.807, 2.05) is 0 Å². The Morgan fingerprint density at radius 3 is 2.80 bits per heavy atom. The molecule has 0 bridgehead atoms. The van der Waals surface area contributed by atoms with Crippen LogP contribution in [0.25, 0.3) is 0 Å². The van der Waals surface area contributed by atoms with Crippen molar-refractivity contribution in [3.05, 3.63) is 0 Å². The average Bonchev–Trinajstić information content (AvgIpc) is 2.71. The van der Waals surface area contributed by atoms with Crippen LogP contribution in [0, 0.1) is 0 Å². The summed E-state index contributed by atoms with van der Waals surface area (Å²) in [6.45, 7) is 6.01. The summed E-state index contributed by atoms with van der Waals surface area (Å²) in [4.78, 5) is 2.19. The van der Waals surface area contributed by atoms with Gasteiger partial charge in [-0.3, -0.25) is 4.90 Å². The van der Waals surface area contributed by atoms with Crippen LogP contribution >= 0.6 is 0 Å². The van der Waals surface area contributed by atoms with E-state index in [9.17, 15) is 0 Å². The van der Waals surface area contributed by atoms with Crippen LogP contribution in [0.5, 0.6) is 0 Å². The monoisotopic (exact) mass is 145 g/mol. The molecule has 0 amide bonds. The molecule has 1 atom stereocenters. The van der Waals surface area contributed by atoms with E-state index in [1.54, 1.807) is 0 Å². The molecule has 0 spiro atoms. The van der Waals surface area contributed by atoms with Gasteiger partial charge in [0.25, 0.3) is 0 Å². The molecule has 10 heavy (non-hydrogen) atoms. The van der Waals surface area contributed by atoms with Crippen molar-refractivity contribution >= 4 is 0 Å². The Labute approximate surface area is 61.6 Å². The highest BCUT2D eigenvalue weighted by atomic mass is 16.6. The van der Waals surface area contributed by atoms with Crippen LogP contribution in [0.1, 0.15) is 6.92 Å². The lowest BCUT2D eigenvalue weighted by Crippen LogP contribution is -2.30. The van der Waals surface area contributed by atoms with Crippen molar-refractivity contribution in [2.24, 2.45) is 0 Å². The Balaban J connectivity index is 2.05. The highest BCUT2D eigenvalue weighted by Crippen LogP contribution is 2.09. The Bertz CT molecular complexity index is 93.6. The molecule has 1 heterocycles. The first-order chi connectivity index (χ1) is 4.86. The summed E-state index contributed by atoms with van der Waals surface area (Å²) in [6, 6.07) is 0. The molecule has 1 saturated heterocycles. The van der Waals surface area contributed by atoms with Gasteiger partial charge in [-0.2, -0.15) is 0 Å². The van der Waals surface area contributed by atoms with Gasteiger partial charge in [0.2, 0.25) is 0 Å². The molecule has 1 aliphatic heterocycles. The minimum absolute atomic E-state index is 0.251. The van der Waals surface area contributed by atoms with Gasteiger partial charge in [0, 0.05) is 13.1 Å². The lowest BCUT2D eigenvalue weighted by molar-refractivity contribution is 0.190. The van der Waals surface area contributed by atoms with Crippen molar-refractivity contribution in [3.63, 3.8) is 0 Å².